The average Bonchev–Trinajstić information content (AvgIpc) is 2.16. The number of likely N-dealkylation sites (N-methyl/N-ethyl adjacent to an activating group) is 1. The van der Waals surface area contributed by atoms with Crippen LogP contribution in [0.4, 0.5) is 13.2 Å². The van der Waals surface area contributed by atoms with Crippen LogP contribution in [0.3, 0.4) is 0 Å². The van der Waals surface area contributed by atoms with Gasteiger partial charge in [-0.2, -0.15) is 13.2 Å². The molecule has 3 nitrogen and oxygen atoms in total. The van der Waals surface area contributed by atoms with E-state index in [9.17, 15) is 18.0 Å². The Morgan fingerprint density at radius 2 is 1.71 bits per heavy atom. The SMILES string of the molecule is CCN(CC)C(=O)C(C)NC(C)CC(F)(F)F. The Balaban J connectivity index is 4.24. The fourth-order valence-electron chi connectivity index (χ4n) is 1.71. The van der Waals surface area contributed by atoms with E-state index in [1.54, 1.807) is 11.8 Å². The van der Waals surface area contributed by atoms with Crippen LogP contribution in [0.5, 0.6) is 0 Å². The van der Waals surface area contributed by atoms with Crippen LogP contribution in [0, 0.1) is 0 Å². The Morgan fingerprint density at radius 1 is 1.24 bits per heavy atom. The Labute approximate surface area is 100 Å². The Morgan fingerprint density at radius 3 is 2.06 bits per heavy atom. The van der Waals surface area contributed by atoms with Crippen LogP contribution in [-0.4, -0.2) is 42.2 Å². The number of halogens is 3. The van der Waals surface area contributed by atoms with Crippen molar-refractivity contribution in [3.05, 3.63) is 0 Å². The highest BCUT2D eigenvalue weighted by molar-refractivity contribution is 5.81. The third-order valence-corrected chi connectivity index (χ3v) is 2.52. The largest absolute Gasteiger partial charge is 0.390 e. The van der Waals surface area contributed by atoms with E-state index in [1.807, 2.05) is 13.8 Å². The molecule has 0 bridgehead atoms. The van der Waals surface area contributed by atoms with E-state index in [1.165, 1.54) is 6.92 Å². The summed E-state index contributed by atoms with van der Waals surface area (Å²) in [5, 5.41) is 2.67. The van der Waals surface area contributed by atoms with E-state index in [0.717, 1.165) is 0 Å². The van der Waals surface area contributed by atoms with Crippen molar-refractivity contribution in [1.82, 2.24) is 10.2 Å². The molecule has 6 heteroatoms. The van der Waals surface area contributed by atoms with Crippen molar-refractivity contribution in [2.75, 3.05) is 13.1 Å². The highest BCUT2D eigenvalue weighted by atomic mass is 19.4. The van der Waals surface area contributed by atoms with Crippen molar-refractivity contribution in [1.29, 1.82) is 0 Å². The maximum Gasteiger partial charge on any atom is 0.390 e. The lowest BCUT2D eigenvalue weighted by atomic mass is 10.2. The summed E-state index contributed by atoms with van der Waals surface area (Å²) < 4.78 is 36.3. The zero-order valence-electron chi connectivity index (χ0n) is 10.8. The molecular formula is C11H21F3N2O. The molecular weight excluding hydrogens is 233 g/mol. The van der Waals surface area contributed by atoms with Gasteiger partial charge < -0.3 is 10.2 Å². The summed E-state index contributed by atoms with van der Waals surface area (Å²) >= 11 is 0. The van der Waals surface area contributed by atoms with E-state index in [0.29, 0.717) is 13.1 Å². The topological polar surface area (TPSA) is 32.3 Å². The fourth-order valence-corrected chi connectivity index (χ4v) is 1.71. The van der Waals surface area contributed by atoms with E-state index in [2.05, 4.69) is 5.32 Å². The van der Waals surface area contributed by atoms with E-state index in [-0.39, 0.29) is 5.91 Å². The molecule has 0 aromatic carbocycles. The number of carbonyl (C=O) groups excluding carboxylic acids is 1. The summed E-state index contributed by atoms with van der Waals surface area (Å²) in [5.74, 6) is -0.163. The minimum absolute atomic E-state index is 0.163. The molecule has 102 valence electrons. The smallest absolute Gasteiger partial charge is 0.342 e. The highest BCUT2D eigenvalue weighted by Gasteiger charge is 2.31. The van der Waals surface area contributed by atoms with Gasteiger partial charge in [0.2, 0.25) is 5.91 Å². The molecule has 2 unspecified atom stereocenters. The van der Waals surface area contributed by atoms with Crippen molar-refractivity contribution < 1.29 is 18.0 Å². The molecule has 0 rings (SSSR count). The van der Waals surface area contributed by atoms with Gasteiger partial charge in [-0.1, -0.05) is 0 Å². The van der Waals surface area contributed by atoms with Gasteiger partial charge >= 0.3 is 6.18 Å². The predicted molar refractivity (Wildman–Crippen MR) is 60.7 cm³/mol. The van der Waals surface area contributed by atoms with Crippen LogP contribution >= 0.6 is 0 Å². The molecule has 2 atom stereocenters. The summed E-state index contributed by atoms with van der Waals surface area (Å²) in [6.45, 7) is 7.83. The number of alkyl halides is 3. The molecule has 0 saturated carbocycles. The van der Waals surface area contributed by atoms with Gasteiger partial charge in [-0.05, 0) is 27.7 Å². The molecule has 1 amide bonds. The van der Waals surface area contributed by atoms with Gasteiger partial charge in [0.05, 0.1) is 12.5 Å². The summed E-state index contributed by atoms with van der Waals surface area (Å²) in [6, 6.07) is -1.35. The van der Waals surface area contributed by atoms with Crippen LogP contribution in [0.1, 0.15) is 34.1 Å². The van der Waals surface area contributed by atoms with Gasteiger partial charge in [-0.15, -0.1) is 0 Å². The minimum Gasteiger partial charge on any atom is -0.342 e. The van der Waals surface area contributed by atoms with E-state index >= 15 is 0 Å². The number of amides is 1. The van der Waals surface area contributed by atoms with Gasteiger partial charge in [0.1, 0.15) is 0 Å². The second kappa shape index (κ2) is 6.83. The lowest BCUT2D eigenvalue weighted by Crippen LogP contribution is -2.48. The number of hydrogen-bond donors (Lipinski definition) is 1. The van der Waals surface area contributed by atoms with Crippen molar-refractivity contribution in [2.45, 2.75) is 52.4 Å². The predicted octanol–water partition coefficient (Wildman–Crippen LogP) is 2.17. The highest BCUT2D eigenvalue weighted by Crippen LogP contribution is 2.21. The van der Waals surface area contributed by atoms with Gasteiger partial charge in [0, 0.05) is 19.1 Å². The second-order valence-electron chi connectivity index (χ2n) is 4.12. The van der Waals surface area contributed by atoms with Crippen LogP contribution < -0.4 is 5.32 Å². The van der Waals surface area contributed by atoms with Gasteiger partial charge in [0.15, 0.2) is 0 Å². The van der Waals surface area contributed by atoms with Crippen LogP contribution in [0.15, 0.2) is 0 Å². The first-order valence-corrected chi connectivity index (χ1v) is 5.82. The zero-order valence-corrected chi connectivity index (χ0v) is 10.8. The maximum absolute atomic E-state index is 12.1. The van der Waals surface area contributed by atoms with Crippen LogP contribution in [0.2, 0.25) is 0 Å². The monoisotopic (exact) mass is 254 g/mol. The van der Waals surface area contributed by atoms with Crippen molar-refractivity contribution in [2.24, 2.45) is 0 Å². The number of hydrogen-bond acceptors (Lipinski definition) is 2. The number of rotatable bonds is 6. The second-order valence-corrected chi connectivity index (χ2v) is 4.12. The minimum atomic E-state index is -4.20. The third kappa shape index (κ3) is 6.51. The molecule has 0 radical (unpaired) electrons. The first-order valence-electron chi connectivity index (χ1n) is 5.82. The molecule has 0 aliphatic rings. The normalized spacial score (nSPS) is 15.5. The molecule has 0 aromatic heterocycles. The summed E-state index contributed by atoms with van der Waals surface area (Å²) in [5.41, 5.74) is 0. The number of nitrogens with one attached hydrogen (secondary N) is 1. The zero-order chi connectivity index (χ0) is 13.6. The van der Waals surface area contributed by atoms with Crippen LogP contribution in [0.25, 0.3) is 0 Å². The van der Waals surface area contributed by atoms with Crippen molar-refractivity contribution in [3.63, 3.8) is 0 Å². The molecule has 0 fully saturated rings. The van der Waals surface area contributed by atoms with Crippen LogP contribution in [-0.2, 0) is 4.79 Å². The Hall–Kier alpha value is -0.780. The lowest BCUT2D eigenvalue weighted by Gasteiger charge is -2.26. The Bertz CT molecular complexity index is 239. The van der Waals surface area contributed by atoms with Gasteiger partial charge in [-0.25, -0.2) is 0 Å². The van der Waals surface area contributed by atoms with E-state index < -0.39 is 24.7 Å². The molecule has 1 N–H and O–H groups in total. The molecule has 0 saturated heterocycles. The lowest BCUT2D eigenvalue weighted by molar-refractivity contribution is -0.142. The standard InChI is InChI=1S/C11H21F3N2O/c1-5-16(6-2)10(17)9(4)15-8(3)7-11(12,13)14/h8-9,15H,5-7H2,1-4H3. The summed E-state index contributed by atoms with van der Waals surface area (Å²) in [6.07, 6.45) is -5.13. The summed E-state index contributed by atoms with van der Waals surface area (Å²) in [4.78, 5) is 13.4. The van der Waals surface area contributed by atoms with E-state index in [4.69, 9.17) is 0 Å². The van der Waals surface area contributed by atoms with Gasteiger partial charge in [0.25, 0.3) is 0 Å². The van der Waals surface area contributed by atoms with Crippen molar-refractivity contribution in [3.8, 4) is 0 Å². The average molecular weight is 254 g/mol. The van der Waals surface area contributed by atoms with Crippen molar-refractivity contribution >= 4 is 5.91 Å². The molecule has 17 heavy (non-hydrogen) atoms. The number of nitrogens with zero attached hydrogens (tertiary/aromatic N) is 1. The summed E-state index contributed by atoms with van der Waals surface area (Å²) in [7, 11) is 0. The molecule has 0 aliphatic carbocycles. The molecule has 0 aliphatic heterocycles. The third-order valence-electron chi connectivity index (χ3n) is 2.52. The molecule has 0 heterocycles. The first kappa shape index (κ1) is 16.2. The number of carbonyl (C=O) groups is 1. The van der Waals surface area contributed by atoms with Gasteiger partial charge in [-0.3, -0.25) is 4.79 Å². The quantitative estimate of drug-likeness (QED) is 0.788. The molecule has 0 aromatic rings. The maximum atomic E-state index is 12.1. The Kier molecular flexibility index (Phi) is 6.52. The first-order chi connectivity index (χ1) is 7.71. The fraction of sp³-hybridized carbons (Fsp3) is 0.909. The molecule has 0 spiro atoms.